The van der Waals surface area contributed by atoms with Crippen LogP contribution in [0.1, 0.15) is 18.1 Å². The van der Waals surface area contributed by atoms with Crippen LogP contribution in [0, 0.1) is 5.82 Å². The van der Waals surface area contributed by atoms with E-state index in [2.05, 4.69) is 27.8 Å². The van der Waals surface area contributed by atoms with Crippen LogP contribution in [-0.4, -0.2) is 32.8 Å². The van der Waals surface area contributed by atoms with Gasteiger partial charge in [-0.25, -0.2) is 4.39 Å². The van der Waals surface area contributed by atoms with Crippen molar-refractivity contribution in [2.45, 2.75) is 26.2 Å². The van der Waals surface area contributed by atoms with Crippen molar-refractivity contribution in [1.82, 2.24) is 10.6 Å². The van der Waals surface area contributed by atoms with Gasteiger partial charge >= 0.3 is 0 Å². The Balaban J connectivity index is 0.00000364. The Kier molecular flexibility index (Phi) is 10.7. The third kappa shape index (κ3) is 8.13. The smallest absolute Gasteiger partial charge is 0.191 e. The van der Waals surface area contributed by atoms with Crippen LogP contribution in [0.15, 0.2) is 53.5 Å². The Morgan fingerprint density at radius 2 is 1.74 bits per heavy atom. The standard InChI is InChI=1S/C20H26FN3O2.HI/c1-15(26-19-10-8-18(21)9-11-19)12-23-20(22-2)24-13-16-6-4-5-7-17(16)14-25-3;/h4-11,15H,12-14H2,1-3H3,(H2,22,23,24);1H. The van der Waals surface area contributed by atoms with Crippen molar-refractivity contribution < 1.29 is 13.9 Å². The molecule has 0 aliphatic heterocycles. The van der Waals surface area contributed by atoms with E-state index in [1.807, 2.05) is 19.1 Å². The van der Waals surface area contributed by atoms with E-state index in [0.29, 0.717) is 31.4 Å². The van der Waals surface area contributed by atoms with Gasteiger partial charge in [0.15, 0.2) is 5.96 Å². The van der Waals surface area contributed by atoms with E-state index in [0.717, 1.165) is 11.1 Å². The molecule has 0 spiro atoms. The Morgan fingerprint density at radius 1 is 1.07 bits per heavy atom. The normalized spacial score (nSPS) is 12.1. The van der Waals surface area contributed by atoms with Gasteiger partial charge in [0, 0.05) is 20.7 Å². The zero-order chi connectivity index (χ0) is 18.8. The van der Waals surface area contributed by atoms with Crippen molar-refractivity contribution in [3.8, 4) is 5.75 Å². The molecule has 0 aliphatic rings. The fourth-order valence-electron chi connectivity index (χ4n) is 2.45. The maximum absolute atomic E-state index is 12.9. The molecule has 0 heterocycles. The number of aliphatic imine (C=N–C) groups is 1. The summed E-state index contributed by atoms with van der Waals surface area (Å²) in [4.78, 5) is 4.23. The predicted octanol–water partition coefficient (Wildman–Crippen LogP) is 3.72. The van der Waals surface area contributed by atoms with Crippen LogP contribution < -0.4 is 15.4 Å². The summed E-state index contributed by atoms with van der Waals surface area (Å²) in [5.74, 6) is 1.05. The first-order chi connectivity index (χ1) is 12.6. The van der Waals surface area contributed by atoms with E-state index in [1.54, 1.807) is 26.3 Å². The van der Waals surface area contributed by atoms with E-state index >= 15 is 0 Å². The van der Waals surface area contributed by atoms with Gasteiger partial charge in [0.05, 0.1) is 13.2 Å². The molecule has 1 unspecified atom stereocenters. The molecule has 2 rings (SSSR count). The summed E-state index contributed by atoms with van der Waals surface area (Å²) in [7, 11) is 3.41. The second-order valence-corrected chi connectivity index (χ2v) is 5.89. The summed E-state index contributed by atoms with van der Waals surface area (Å²) in [5.41, 5.74) is 2.30. The number of methoxy groups -OCH3 is 1. The van der Waals surface area contributed by atoms with E-state index in [1.165, 1.54) is 12.1 Å². The first-order valence-corrected chi connectivity index (χ1v) is 8.55. The lowest BCUT2D eigenvalue weighted by atomic mass is 10.1. The van der Waals surface area contributed by atoms with Crippen LogP contribution in [-0.2, 0) is 17.9 Å². The maximum Gasteiger partial charge on any atom is 0.191 e. The summed E-state index contributed by atoms with van der Waals surface area (Å²) in [6, 6.07) is 14.1. The Morgan fingerprint density at radius 3 is 2.37 bits per heavy atom. The van der Waals surface area contributed by atoms with Crippen LogP contribution >= 0.6 is 24.0 Å². The van der Waals surface area contributed by atoms with Crippen molar-refractivity contribution in [3.63, 3.8) is 0 Å². The number of benzene rings is 2. The summed E-state index contributed by atoms with van der Waals surface area (Å²) in [6.07, 6.45) is -0.0974. The zero-order valence-electron chi connectivity index (χ0n) is 15.9. The van der Waals surface area contributed by atoms with Gasteiger partial charge in [-0.3, -0.25) is 4.99 Å². The highest BCUT2D eigenvalue weighted by Crippen LogP contribution is 2.13. The number of nitrogens with one attached hydrogen (secondary N) is 2. The van der Waals surface area contributed by atoms with Gasteiger partial charge in [-0.15, -0.1) is 24.0 Å². The lowest BCUT2D eigenvalue weighted by Gasteiger charge is -2.18. The highest BCUT2D eigenvalue weighted by atomic mass is 127. The molecular formula is C20H27FIN3O2. The monoisotopic (exact) mass is 487 g/mol. The van der Waals surface area contributed by atoms with Gasteiger partial charge < -0.3 is 20.1 Å². The second kappa shape index (κ2) is 12.5. The van der Waals surface area contributed by atoms with Gasteiger partial charge in [0.1, 0.15) is 17.7 Å². The van der Waals surface area contributed by atoms with Crippen LogP contribution in [0.25, 0.3) is 0 Å². The third-order valence-electron chi connectivity index (χ3n) is 3.80. The number of nitrogens with zero attached hydrogens (tertiary/aromatic N) is 1. The van der Waals surface area contributed by atoms with E-state index in [9.17, 15) is 4.39 Å². The summed E-state index contributed by atoms with van der Waals surface area (Å²) >= 11 is 0. The van der Waals surface area contributed by atoms with Crippen molar-refractivity contribution in [2.75, 3.05) is 20.7 Å². The van der Waals surface area contributed by atoms with E-state index in [-0.39, 0.29) is 35.9 Å². The van der Waals surface area contributed by atoms with Crippen LogP contribution in [0.3, 0.4) is 0 Å². The minimum atomic E-state index is -0.276. The highest BCUT2D eigenvalue weighted by molar-refractivity contribution is 14.0. The molecule has 1 atom stereocenters. The molecule has 148 valence electrons. The van der Waals surface area contributed by atoms with Crippen LogP contribution in [0.5, 0.6) is 5.75 Å². The predicted molar refractivity (Wildman–Crippen MR) is 117 cm³/mol. The molecule has 2 aromatic carbocycles. The average Bonchev–Trinajstić information content (AvgIpc) is 2.65. The highest BCUT2D eigenvalue weighted by Gasteiger charge is 2.07. The van der Waals surface area contributed by atoms with Crippen molar-refractivity contribution in [2.24, 2.45) is 4.99 Å². The first kappa shape index (κ1) is 23.2. The molecule has 5 nitrogen and oxygen atoms in total. The molecule has 0 fully saturated rings. The average molecular weight is 487 g/mol. The Labute approximate surface area is 177 Å². The van der Waals surface area contributed by atoms with Gasteiger partial charge in [-0.05, 0) is 42.3 Å². The quantitative estimate of drug-likeness (QED) is 0.339. The molecule has 0 saturated carbocycles. The molecule has 2 N–H and O–H groups in total. The fraction of sp³-hybridized carbons (Fsp3) is 0.350. The number of ether oxygens (including phenoxy) is 2. The number of hydrogen-bond acceptors (Lipinski definition) is 3. The van der Waals surface area contributed by atoms with Gasteiger partial charge in [0.25, 0.3) is 0 Å². The molecule has 0 bridgehead atoms. The molecule has 0 saturated heterocycles. The van der Waals surface area contributed by atoms with Gasteiger partial charge in [-0.2, -0.15) is 0 Å². The molecule has 0 amide bonds. The molecule has 27 heavy (non-hydrogen) atoms. The third-order valence-corrected chi connectivity index (χ3v) is 3.80. The number of hydrogen-bond donors (Lipinski definition) is 2. The molecule has 7 heteroatoms. The number of halogens is 2. The molecule has 2 aromatic rings. The fourth-order valence-corrected chi connectivity index (χ4v) is 2.45. The SMILES string of the molecule is CN=C(NCc1ccccc1COC)NCC(C)Oc1ccc(F)cc1.I. The van der Waals surface area contributed by atoms with Crippen LogP contribution in [0.2, 0.25) is 0 Å². The molecule has 0 aromatic heterocycles. The molecular weight excluding hydrogens is 460 g/mol. The lowest BCUT2D eigenvalue weighted by Crippen LogP contribution is -2.41. The molecule has 0 aliphatic carbocycles. The molecule has 0 radical (unpaired) electrons. The lowest BCUT2D eigenvalue weighted by molar-refractivity contribution is 0.184. The van der Waals surface area contributed by atoms with Gasteiger partial charge in [-0.1, -0.05) is 24.3 Å². The van der Waals surface area contributed by atoms with Gasteiger partial charge in [0.2, 0.25) is 0 Å². The zero-order valence-corrected chi connectivity index (χ0v) is 18.2. The minimum absolute atomic E-state index is 0. The summed E-state index contributed by atoms with van der Waals surface area (Å²) in [6.45, 7) is 3.73. The summed E-state index contributed by atoms with van der Waals surface area (Å²) < 4.78 is 23.9. The van der Waals surface area contributed by atoms with Crippen LogP contribution in [0.4, 0.5) is 4.39 Å². The first-order valence-electron chi connectivity index (χ1n) is 8.55. The maximum atomic E-state index is 12.9. The Hall–Kier alpha value is -1.87. The number of guanidine groups is 1. The summed E-state index contributed by atoms with van der Waals surface area (Å²) in [5, 5.41) is 6.52. The minimum Gasteiger partial charge on any atom is -0.489 e. The second-order valence-electron chi connectivity index (χ2n) is 5.89. The topological polar surface area (TPSA) is 54.9 Å². The van der Waals surface area contributed by atoms with E-state index < -0.39 is 0 Å². The van der Waals surface area contributed by atoms with Crippen molar-refractivity contribution in [3.05, 3.63) is 65.5 Å². The largest absolute Gasteiger partial charge is 0.489 e. The van der Waals surface area contributed by atoms with Crippen molar-refractivity contribution >= 4 is 29.9 Å². The number of rotatable bonds is 8. The van der Waals surface area contributed by atoms with Crippen molar-refractivity contribution in [1.29, 1.82) is 0 Å². The van der Waals surface area contributed by atoms with E-state index in [4.69, 9.17) is 9.47 Å². The Bertz CT molecular complexity index is 711.